The molecule has 1 rings (SSSR count). The highest BCUT2D eigenvalue weighted by atomic mass is 32.1. The highest BCUT2D eigenvalue weighted by Crippen LogP contribution is 2.37. The second kappa shape index (κ2) is 11.3. The molecule has 0 spiro atoms. The van der Waals surface area contributed by atoms with Gasteiger partial charge in [-0.2, -0.15) is 25.3 Å². The Morgan fingerprint density at radius 2 is 1.29 bits per heavy atom. The Bertz CT molecular complexity index is 364. The van der Waals surface area contributed by atoms with E-state index >= 15 is 0 Å². The van der Waals surface area contributed by atoms with Gasteiger partial charge in [-0.3, -0.25) is 9.59 Å². The van der Waals surface area contributed by atoms with Crippen molar-refractivity contribution in [2.75, 3.05) is 13.2 Å². The van der Waals surface area contributed by atoms with E-state index in [0.717, 1.165) is 38.5 Å². The lowest BCUT2D eigenvalue weighted by Crippen LogP contribution is -2.36. The van der Waals surface area contributed by atoms with Crippen molar-refractivity contribution in [3.8, 4) is 0 Å². The molecule has 0 bridgehead atoms. The van der Waals surface area contributed by atoms with Gasteiger partial charge in [-0.1, -0.05) is 33.1 Å². The topological polar surface area (TPSA) is 52.6 Å². The van der Waals surface area contributed by atoms with Crippen molar-refractivity contribution >= 4 is 37.2 Å². The molecule has 1 aliphatic carbocycles. The molecule has 0 aliphatic heterocycles. The second-order valence-corrected chi connectivity index (χ2v) is 8.38. The molecule has 0 aromatic carbocycles. The first-order chi connectivity index (χ1) is 11.4. The Labute approximate surface area is 157 Å². The van der Waals surface area contributed by atoms with Crippen molar-refractivity contribution in [2.45, 2.75) is 82.1 Å². The van der Waals surface area contributed by atoms with Crippen LogP contribution >= 0.6 is 25.3 Å². The fraction of sp³-hybridized carbons (Fsp3) is 0.889. The van der Waals surface area contributed by atoms with Crippen LogP contribution in [0, 0.1) is 5.41 Å². The van der Waals surface area contributed by atoms with Gasteiger partial charge in [-0.05, 0) is 25.7 Å². The largest absolute Gasteiger partial charge is 0.465 e. The van der Waals surface area contributed by atoms with Crippen molar-refractivity contribution in [3.63, 3.8) is 0 Å². The summed E-state index contributed by atoms with van der Waals surface area (Å²) < 4.78 is 11.0. The van der Waals surface area contributed by atoms with Gasteiger partial charge in [0.15, 0.2) is 0 Å². The summed E-state index contributed by atoms with van der Waals surface area (Å²) in [6, 6.07) is 0. The third-order valence-electron chi connectivity index (χ3n) is 4.74. The van der Waals surface area contributed by atoms with E-state index in [9.17, 15) is 9.59 Å². The van der Waals surface area contributed by atoms with Crippen molar-refractivity contribution in [3.05, 3.63) is 0 Å². The van der Waals surface area contributed by atoms with E-state index in [1.807, 2.05) is 13.8 Å². The number of esters is 2. The fourth-order valence-corrected chi connectivity index (χ4v) is 3.19. The number of rotatable bonds is 10. The highest BCUT2D eigenvalue weighted by Gasteiger charge is 2.35. The predicted molar refractivity (Wildman–Crippen MR) is 103 cm³/mol. The zero-order valence-electron chi connectivity index (χ0n) is 15.0. The van der Waals surface area contributed by atoms with Gasteiger partial charge < -0.3 is 9.47 Å². The van der Waals surface area contributed by atoms with Gasteiger partial charge in [0.1, 0.15) is 13.2 Å². The average molecular weight is 377 g/mol. The Hall–Kier alpha value is -0.360. The molecule has 4 nitrogen and oxygen atoms in total. The third-order valence-corrected chi connectivity index (χ3v) is 5.84. The number of hydrogen-bond donors (Lipinski definition) is 2. The quantitative estimate of drug-likeness (QED) is 0.443. The fourth-order valence-electron chi connectivity index (χ4n) is 2.89. The van der Waals surface area contributed by atoms with E-state index in [4.69, 9.17) is 9.47 Å². The molecule has 0 aromatic heterocycles. The van der Waals surface area contributed by atoms with Crippen molar-refractivity contribution < 1.29 is 19.1 Å². The lowest BCUT2D eigenvalue weighted by Gasteiger charge is -2.36. The molecule has 0 radical (unpaired) electrons. The molecule has 1 aliphatic rings. The van der Waals surface area contributed by atoms with Gasteiger partial charge >= 0.3 is 11.9 Å². The summed E-state index contributed by atoms with van der Waals surface area (Å²) in [4.78, 5) is 23.9. The maximum absolute atomic E-state index is 11.9. The Kier molecular flexibility index (Phi) is 10.2. The van der Waals surface area contributed by atoms with Crippen molar-refractivity contribution in [2.24, 2.45) is 5.41 Å². The van der Waals surface area contributed by atoms with E-state index in [2.05, 4.69) is 25.3 Å². The van der Waals surface area contributed by atoms with Gasteiger partial charge in [-0.15, -0.1) is 0 Å². The van der Waals surface area contributed by atoms with E-state index in [0.29, 0.717) is 26.1 Å². The monoisotopic (exact) mass is 376 g/mol. The summed E-state index contributed by atoms with van der Waals surface area (Å²) in [5.41, 5.74) is -0.222. The van der Waals surface area contributed by atoms with Crippen LogP contribution in [0.3, 0.4) is 0 Å². The molecular formula is C18H32O4S2. The van der Waals surface area contributed by atoms with Crippen LogP contribution < -0.4 is 0 Å². The summed E-state index contributed by atoms with van der Waals surface area (Å²) in [7, 11) is 0. The minimum absolute atomic E-state index is 0.0407. The first-order valence-corrected chi connectivity index (χ1v) is 10.1. The SMILES string of the molecule is CCC(S)CC(=O)OCC1(COC(=O)CC(S)CC)CCCCC1. The minimum Gasteiger partial charge on any atom is -0.465 e. The normalized spacial score (nSPS) is 19.3. The molecule has 1 saturated carbocycles. The smallest absolute Gasteiger partial charge is 0.306 e. The molecular weight excluding hydrogens is 344 g/mol. The van der Waals surface area contributed by atoms with Crippen LogP contribution in [0.5, 0.6) is 0 Å². The first-order valence-electron chi connectivity index (χ1n) is 9.08. The Balaban J connectivity index is 2.50. The minimum atomic E-state index is -0.222. The maximum Gasteiger partial charge on any atom is 0.306 e. The summed E-state index contributed by atoms with van der Waals surface area (Å²) in [6.07, 6.45) is 7.56. The zero-order chi connectivity index (χ0) is 18.0. The van der Waals surface area contributed by atoms with Gasteiger partial charge in [-0.25, -0.2) is 0 Å². The second-order valence-electron chi connectivity index (χ2n) is 6.91. The van der Waals surface area contributed by atoms with Crippen LogP contribution in [-0.4, -0.2) is 35.7 Å². The van der Waals surface area contributed by atoms with Crippen molar-refractivity contribution in [1.82, 2.24) is 0 Å². The molecule has 24 heavy (non-hydrogen) atoms. The number of carbonyl (C=O) groups is 2. The standard InChI is InChI=1S/C18H32O4S2/c1-3-14(23)10-16(19)21-12-18(8-6-5-7-9-18)13-22-17(20)11-15(24)4-2/h14-15,23-24H,3-13H2,1-2H3. The Morgan fingerprint density at radius 3 is 1.67 bits per heavy atom. The van der Waals surface area contributed by atoms with Crippen LogP contribution in [0.1, 0.15) is 71.6 Å². The molecule has 1 fully saturated rings. The van der Waals surface area contributed by atoms with E-state index in [-0.39, 0.29) is 27.9 Å². The number of hydrogen-bond acceptors (Lipinski definition) is 6. The number of thiol groups is 2. The molecule has 0 heterocycles. The molecule has 2 atom stereocenters. The van der Waals surface area contributed by atoms with Crippen molar-refractivity contribution in [1.29, 1.82) is 0 Å². The number of ether oxygens (including phenoxy) is 2. The summed E-state index contributed by atoms with van der Waals surface area (Å²) in [5.74, 6) is -0.427. The highest BCUT2D eigenvalue weighted by molar-refractivity contribution is 7.81. The summed E-state index contributed by atoms with van der Waals surface area (Å²) >= 11 is 8.68. The number of carbonyl (C=O) groups excluding carboxylic acids is 2. The van der Waals surface area contributed by atoms with Gasteiger partial charge in [0, 0.05) is 15.9 Å². The summed E-state index contributed by atoms with van der Waals surface area (Å²) in [5, 5.41) is 0.0815. The van der Waals surface area contributed by atoms with Crippen LogP contribution in [0.2, 0.25) is 0 Å². The molecule has 0 amide bonds. The van der Waals surface area contributed by atoms with Crippen LogP contribution in [0.15, 0.2) is 0 Å². The van der Waals surface area contributed by atoms with E-state index in [1.54, 1.807) is 0 Å². The van der Waals surface area contributed by atoms with E-state index < -0.39 is 0 Å². The Morgan fingerprint density at radius 1 is 0.875 bits per heavy atom. The third kappa shape index (κ3) is 8.15. The molecule has 6 heteroatoms. The van der Waals surface area contributed by atoms with Crippen LogP contribution in [0.4, 0.5) is 0 Å². The summed E-state index contributed by atoms with van der Waals surface area (Å²) in [6.45, 7) is 4.67. The lowest BCUT2D eigenvalue weighted by atomic mass is 9.75. The predicted octanol–water partition coefficient (Wildman–Crippen LogP) is 4.22. The van der Waals surface area contributed by atoms with Crippen LogP contribution in [0.25, 0.3) is 0 Å². The zero-order valence-corrected chi connectivity index (χ0v) is 16.7. The van der Waals surface area contributed by atoms with E-state index in [1.165, 1.54) is 6.42 Å². The van der Waals surface area contributed by atoms with Gasteiger partial charge in [0.05, 0.1) is 12.8 Å². The molecule has 0 saturated heterocycles. The lowest BCUT2D eigenvalue weighted by molar-refractivity contribution is -0.155. The maximum atomic E-state index is 11.9. The molecule has 0 aromatic rings. The first kappa shape index (κ1) is 21.7. The molecule has 140 valence electrons. The van der Waals surface area contributed by atoms with Gasteiger partial charge in [0.2, 0.25) is 0 Å². The molecule has 0 N–H and O–H groups in total. The molecule has 2 unspecified atom stereocenters. The van der Waals surface area contributed by atoms with Crippen LogP contribution in [-0.2, 0) is 19.1 Å². The average Bonchev–Trinajstić information content (AvgIpc) is 2.59. The van der Waals surface area contributed by atoms with Gasteiger partial charge in [0.25, 0.3) is 0 Å².